The van der Waals surface area contributed by atoms with Crippen molar-refractivity contribution in [3.63, 3.8) is 0 Å². The van der Waals surface area contributed by atoms with Gasteiger partial charge < -0.3 is 15.3 Å². The summed E-state index contributed by atoms with van der Waals surface area (Å²) in [6, 6.07) is 8.41. The number of aromatic carboxylic acids is 1. The second kappa shape index (κ2) is 8.82. The van der Waals surface area contributed by atoms with Crippen molar-refractivity contribution >= 4 is 40.1 Å². The minimum absolute atomic E-state index is 0.0622. The van der Waals surface area contributed by atoms with Crippen LogP contribution in [0.4, 0.5) is 20.3 Å². The van der Waals surface area contributed by atoms with Gasteiger partial charge in [-0.25, -0.2) is 28.5 Å². The van der Waals surface area contributed by atoms with Gasteiger partial charge in [-0.1, -0.05) is 17.7 Å². The van der Waals surface area contributed by atoms with E-state index in [9.17, 15) is 23.9 Å². The molecular weight excluding hydrogens is 490 g/mol. The zero-order chi connectivity index (χ0) is 25.8. The molecule has 3 heterocycles. The number of rotatable bonds is 5. The van der Waals surface area contributed by atoms with Crippen LogP contribution in [0.15, 0.2) is 24.3 Å². The first-order chi connectivity index (χ1) is 17.1. The highest BCUT2D eigenvalue weighted by atomic mass is 35.5. The molecule has 2 unspecified atom stereocenters. The minimum atomic E-state index is -2.71. The van der Waals surface area contributed by atoms with Gasteiger partial charge in [0.1, 0.15) is 11.2 Å². The lowest BCUT2D eigenvalue weighted by atomic mass is 9.93. The van der Waals surface area contributed by atoms with Crippen molar-refractivity contribution in [1.29, 1.82) is 5.26 Å². The van der Waals surface area contributed by atoms with Crippen molar-refractivity contribution < 1.29 is 18.7 Å². The topological polar surface area (TPSA) is 115 Å². The summed E-state index contributed by atoms with van der Waals surface area (Å²) in [5, 5.41) is 22.6. The molecule has 1 saturated carbocycles. The number of pyridine rings is 1. The molecule has 2 N–H and O–H groups in total. The summed E-state index contributed by atoms with van der Waals surface area (Å²) in [7, 11) is 0. The molecule has 2 aliphatic rings. The molecule has 36 heavy (non-hydrogen) atoms. The molecule has 0 spiro atoms. The third-order valence-corrected chi connectivity index (χ3v) is 7.28. The molecule has 8 nitrogen and oxygen atoms in total. The van der Waals surface area contributed by atoms with E-state index in [0.29, 0.717) is 29.7 Å². The van der Waals surface area contributed by atoms with Gasteiger partial charge in [0, 0.05) is 30.5 Å². The second-order valence-corrected chi connectivity index (χ2v) is 9.87. The van der Waals surface area contributed by atoms with Crippen LogP contribution in [0.1, 0.15) is 53.1 Å². The molecular formula is C25H23ClF2N6O2. The number of fused-ring (bicyclic) bond motifs is 3. The maximum atomic E-state index is 14.5. The Balaban J connectivity index is 1.57. The normalized spacial score (nSPS) is 21.3. The summed E-state index contributed by atoms with van der Waals surface area (Å²) in [4.78, 5) is 26.7. The average Bonchev–Trinajstić information content (AvgIpc) is 2.99. The van der Waals surface area contributed by atoms with E-state index in [2.05, 4.69) is 21.4 Å². The molecule has 0 radical (unpaired) electrons. The van der Waals surface area contributed by atoms with Gasteiger partial charge in [0.2, 0.25) is 0 Å². The minimum Gasteiger partial charge on any atom is -0.476 e. The lowest BCUT2D eigenvalue weighted by Crippen LogP contribution is -2.49. The van der Waals surface area contributed by atoms with E-state index >= 15 is 0 Å². The monoisotopic (exact) mass is 512 g/mol. The third kappa shape index (κ3) is 4.07. The number of carboxylic acid groups (broad SMARTS) is 1. The van der Waals surface area contributed by atoms with Crippen LogP contribution in [0.5, 0.6) is 0 Å². The number of aromatic nitrogens is 3. The largest absolute Gasteiger partial charge is 0.476 e. The summed E-state index contributed by atoms with van der Waals surface area (Å²) in [6.45, 7) is 3.96. The Morgan fingerprint density at radius 3 is 2.58 bits per heavy atom. The van der Waals surface area contributed by atoms with E-state index in [4.69, 9.17) is 16.6 Å². The zero-order valence-electron chi connectivity index (χ0n) is 19.6. The van der Waals surface area contributed by atoms with Crippen LogP contribution >= 0.6 is 11.6 Å². The van der Waals surface area contributed by atoms with Gasteiger partial charge in [0.05, 0.1) is 22.8 Å². The van der Waals surface area contributed by atoms with E-state index in [1.165, 1.54) is 6.07 Å². The molecule has 2 bridgehead atoms. The fourth-order valence-electron chi connectivity index (χ4n) is 5.30. The van der Waals surface area contributed by atoms with Crippen molar-refractivity contribution in [2.75, 3.05) is 23.3 Å². The molecule has 2 fully saturated rings. The van der Waals surface area contributed by atoms with Gasteiger partial charge in [-0.2, -0.15) is 5.26 Å². The van der Waals surface area contributed by atoms with Crippen LogP contribution in [-0.2, 0) is 0 Å². The number of aryl methyl sites for hydroxylation is 1. The highest BCUT2D eigenvalue weighted by molar-refractivity contribution is 6.29. The fourth-order valence-corrected chi connectivity index (χ4v) is 5.45. The van der Waals surface area contributed by atoms with E-state index in [0.717, 1.165) is 11.1 Å². The predicted molar refractivity (Wildman–Crippen MR) is 131 cm³/mol. The van der Waals surface area contributed by atoms with Gasteiger partial charge in [0.15, 0.2) is 17.2 Å². The maximum Gasteiger partial charge on any atom is 0.356 e. The van der Waals surface area contributed by atoms with E-state index < -0.39 is 29.8 Å². The number of hydrogen-bond acceptors (Lipinski definition) is 7. The summed E-state index contributed by atoms with van der Waals surface area (Å²) < 4.78 is 29.0. The summed E-state index contributed by atoms with van der Waals surface area (Å²) in [5.74, 6) is -5.17. The van der Waals surface area contributed by atoms with Gasteiger partial charge >= 0.3 is 5.97 Å². The summed E-state index contributed by atoms with van der Waals surface area (Å²) >= 11 is 5.88. The predicted octanol–water partition coefficient (Wildman–Crippen LogP) is 5.21. The Morgan fingerprint density at radius 1 is 1.25 bits per heavy atom. The maximum absolute atomic E-state index is 14.5. The standard InChI is InChI=1S/C25H23ClF2N6O2/c1-12-7-16(13(2)30-17-5-6-20(26)32-22(17)24(35)36)21-18(8-12)31-19(9-29)23(33-21)34-10-14-3-4-15(11-34)25(14,27)28/h5-8,13-15,30H,3-4,10-11H2,1-2H3,(H,35,36)/t13-,14?,15?/m1/s1. The number of hydrogen-bond donors (Lipinski definition) is 2. The van der Waals surface area contributed by atoms with E-state index in [1.54, 1.807) is 11.0 Å². The van der Waals surface area contributed by atoms with Crippen LogP contribution in [0.25, 0.3) is 11.0 Å². The van der Waals surface area contributed by atoms with Gasteiger partial charge in [0.25, 0.3) is 5.92 Å². The Kier molecular flexibility index (Phi) is 5.91. The Morgan fingerprint density at radius 2 is 1.94 bits per heavy atom. The number of anilines is 2. The highest BCUT2D eigenvalue weighted by Crippen LogP contribution is 2.49. The second-order valence-electron chi connectivity index (χ2n) is 9.48. The highest BCUT2D eigenvalue weighted by Gasteiger charge is 2.56. The van der Waals surface area contributed by atoms with Crippen LogP contribution in [0.2, 0.25) is 5.15 Å². The Hall–Kier alpha value is -3.58. The Bertz CT molecular complexity index is 1410. The summed E-state index contributed by atoms with van der Waals surface area (Å²) in [6.07, 6.45) is 0.896. The van der Waals surface area contributed by atoms with Crippen molar-refractivity contribution in [3.05, 3.63) is 51.9 Å². The van der Waals surface area contributed by atoms with Crippen LogP contribution < -0.4 is 10.2 Å². The first-order valence-corrected chi connectivity index (χ1v) is 12.0. The molecule has 1 aliphatic heterocycles. The number of benzene rings is 1. The fraction of sp³-hybridized carbons (Fsp3) is 0.400. The van der Waals surface area contributed by atoms with Crippen LogP contribution in [0.3, 0.4) is 0 Å². The van der Waals surface area contributed by atoms with Crippen molar-refractivity contribution in [2.24, 2.45) is 11.8 Å². The number of carboxylic acids is 1. The third-order valence-electron chi connectivity index (χ3n) is 7.07. The number of alkyl halides is 2. The van der Waals surface area contributed by atoms with Crippen molar-refractivity contribution in [1.82, 2.24) is 15.0 Å². The van der Waals surface area contributed by atoms with Crippen molar-refractivity contribution in [2.45, 2.75) is 38.7 Å². The van der Waals surface area contributed by atoms with Gasteiger partial charge in [-0.3, -0.25) is 0 Å². The molecule has 11 heteroatoms. The molecule has 3 aromatic rings. The lowest BCUT2D eigenvalue weighted by Gasteiger charge is -2.38. The number of nitrogens with one attached hydrogen (secondary N) is 1. The van der Waals surface area contributed by atoms with E-state index in [-0.39, 0.29) is 35.3 Å². The molecule has 1 aromatic carbocycles. The molecule has 3 atom stereocenters. The number of halogens is 3. The zero-order valence-corrected chi connectivity index (χ0v) is 20.4. The first kappa shape index (κ1) is 24.1. The molecule has 186 valence electrons. The SMILES string of the molecule is Cc1cc([C@@H](C)Nc2ccc(Cl)nc2C(=O)O)c2nc(N3CC4CCC(C3)C4(F)F)c(C#N)nc2c1. The first-order valence-electron chi connectivity index (χ1n) is 11.6. The van der Waals surface area contributed by atoms with Crippen LogP contribution in [-0.4, -0.2) is 45.0 Å². The van der Waals surface area contributed by atoms with Crippen LogP contribution in [0, 0.1) is 30.1 Å². The smallest absolute Gasteiger partial charge is 0.356 e. The number of carbonyl (C=O) groups is 1. The summed E-state index contributed by atoms with van der Waals surface area (Å²) in [5.41, 5.74) is 2.77. The number of nitrogens with zero attached hydrogens (tertiary/aromatic N) is 5. The number of piperidine rings is 1. The van der Waals surface area contributed by atoms with Crippen molar-refractivity contribution in [3.8, 4) is 6.07 Å². The average molecular weight is 513 g/mol. The number of nitriles is 1. The van der Waals surface area contributed by atoms with E-state index in [1.807, 2.05) is 26.0 Å². The quantitative estimate of drug-likeness (QED) is 0.448. The lowest BCUT2D eigenvalue weighted by molar-refractivity contribution is -0.0830. The van der Waals surface area contributed by atoms with Gasteiger partial charge in [-0.05, 0) is 50.5 Å². The molecule has 5 rings (SSSR count). The molecule has 1 saturated heterocycles. The Labute approximate surface area is 210 Å². The molecule has 0 amide bonds. The van der Waals surface area contributed by atoms with Gasteiger partial charge in [-0.15, -0.1) is 0 Å². The molecule has 1 aliphatic carbocycles. The molecule has 2 aromatic heterocycles.